The van der Waals surface area contributed by atoms with E-state index in [9.17, 15) is 4.57 Å². The fourth-order valence-electron chi connectivity index (χ4n) is 7.52. The van der Waals surface area contributed by atoms with Crippen LogP contribution in [0.5, 0.6) is 0 Å². The molecule has 0 spiro atoms. The van der Waals surface area contributed by atoms with Gasteiger partial charge in [0.25, 0.3) is 0 Å². The number of pyridine rings is 1. The molecule has 1 aliphatic rings. The van der Waals surface area contributed by atoms with Crippen LogP contribution >= 0.6 is 7.14 Å². The number of imidazole rings is 1. The van der Waals surface area contributed by atoms with Crippen molar-refractivity contribution in [3.05, 3.63) is 149 Å². The summed E-state index contributed by atoms with van der Waals surface area (Å²) in [5.74, 6) is 0. The van der Waals surface area contributed by atoms with Crippen molar-refractivity contribution in [1.29, 1.82) is 0 Å². The third kappa shape index (κ3) is 4.65. The Bertz CT molecular complexity index is 2760. The van der Waals surface area contributed by atoms with Crippen LogP contribution in [0.2, 0.25) is 0 Å². The van der Waals surface area contributed by atoms with E-state index in [-0.39, 0.29) is 5.41 Å². The lowest BCUT2D eigenvalue weighted by molar-refractivity contribution is 0.588. The Hall–Kier alpha value is -5.24. The fraction of sp³-hybridized carbons (Fsp3) is 0.114. The SMILES string of the molecule is CC1(c2ccc3ccc(P(C)(C)=O)cc3c2)C=c2c(c3cc(-c4ccccc4)ccc3n3c2nc2cc(-c4ccccc4)ccc23)=CC1. The molecule has 6 aromatic carbocycles. The molecule has 2 aromatic heterocycles. The van der Waals surface area contributed by atoms with Crippen LogP contribution in [0.25, 0.3) is 72.8 Å². The van der Waals surface area contributed by atoms with Gasteiger partial charge in [-0.15, -0.1) is 0 Å². The first-order valence-electron chi connectivity index (χ1n) is 16.6. The van der Waals surface area contributed by atoms with Gasteiger partial charge in [-0.05, 0) is 93.9 Å². The summed E-state index contributed by atoms with van der Waals surface area (Å²) in [6, 6.07) is 47.7. The number of aromatic nitrogens is 2. The van der Waals surface area contributed by atoms with Crippen LogP contribution in [0.15, 0.2) is 133 Å². The highest BCUT2D eigenvalue weighted by Crippen LogP contribution is 2.38. The summed E-state index contributed by atoms with van der Waals surface area (Å²) in [6.07, 6.45) is 5.74. The van der Waals surface area contributed by atoms with E-state index in [1.807, 2.05) is 19.4 Å². The summed E-state index contributed by atoms with van der Waals surface area (Å²) >= 11 is 0. The first-order chi connectivity index (χ1) is 23.2. The fourth-order valence-corrected chi connectivity index (χ4v) is 8.40. The van der Waals surface area contributed by atoms with E-state index in [2.05, 4.69) is 151 Å². The Morgan fingerprint density at radius 3 is 2.02 bits per heavy atom. The van der Waals surface area contributed by atoms with Crippen LogP contribution in [-0.2, 0) is 9.98 Å². The number of nitrogens with zero attached hydrogens (tertiary/aromatic N) is 2. The Labute approximate surface area is 279 Å². The average Bonchev–Trinajstić information content (AvgIpc) is 3.51. The maximum atomic E-state index is 12.9. The van der Waals surface area contributed by atoms with Crippen molar-refractivity contribution in [2.45, 2.75) is 18.8 Å². The average molecular weight is 639 g/mol. The molecule has 0 bridgehead atoms. The van der Waals surface area contributed by atoms with Gasteiger partial charge in [-0.3, -0.25) is 4.40 Å². The molecule has 0 N–H and O–H groups in total. The molecule has 0 amide bonds. The second-order valence-electron chi connectivity index (χ2n) is 13.8. The van der Waals surface area contributed by atoms with Gasteiger partial charge in [0.1, 0.15) is 12.8 Å². The van der Waals surface area contributed by atoms with E-state index in [1.165, 1.54) is 38.1 Å². The minimum Gasteiger partial charge on any atom is -0.319 e. The van der Waals surface area contributed by atoms with E-state index in [4.69, 9.17) is 4.98 Å². The standard InChI is InChI=1S/C44H35N2OP/c1-44(35-18-14-31-15-19-36(48(2,3)47)25-34(31)24-35)23-22-37-38-26-32(29-10-6-4-7-11-29)16-20-41(38)46-42-21-17-33(30-12-8-5-9-13-30)27-40(42)45-43(46)39(37)28-44/h4-22,24-28H,23H2,1-3H3. The summed E-state index contributed by atoms with van der Waals surface area (Å²) in [5.41, 5.74) is 9.99. The van der Waals surface area contributed by atoms with Gasteiger partial charge >= 0.3 is 0 Å². The zero-order chi connectivity index (χ0) is 32.6. The molecule has 0 aliphatic heterocycles. The van der Waals surface area contributed by atoms with Gasteiger partial charge in [-0.25, -0.2) is 4.98 Å². The van der Waals surface area contributed by atoms with Crippen LogP contribution in [0.1, 0.15) is 18.9 Å². The van der Waals surface area contributed by atoms with Crippen molar-refractivity contribution in [1.82, 2.24) is 9.38 Å². The topological polar surface area (TPSA) is 34.4 Å². The summed E-state index contributed by atoms with van der Waals surface area (Å²) in [5, 5.41) is 6.85. The van der Waals surface area contributed by atoms with Gasteiger partial charge in [0.2, 0.25) is 0 Å². The highest BCUT2D eigenvalue weighted by atomic mass is 31.2. The maximum Gasteiger partial charge on any atom is 0.146 e. The van der Waals surface area contributed by atoms with Crippen LogP contribution < -0.4 is 15.7 Å². The van der Waals surface area contributed by atoms with E-state index in [1.54, 1.807) is 0 Å². The van der Waals surface area contributed by atoms with Crippen molar-refractivity contribution in [2.75, 3.05) is 13.3 Å². The zero-order valence-corrected chi connectivity index (χ0v) is 28.2. The molecule has 0 radical (unpaired) electrons. The molecule has 0 fully saturated rings. The largest absolute Gasteiger partial charge is 0.319 e. The molecule has 8 aromatic rings. The Kier molecular flexibility index (Phi) is 6.41. The van der Waals surface area contributed by atoms with E-state index in [0.717, 1.165) is 50.3 Å². The predicted octanol–water partition coefficient (Wildman–Crippen LogP) is 9.30. The molecule has 4 heteroatoms. The molecule has 1 unspecified atom stereocenters. The molecule has 0 saturated heterocycles. The summed E-state index contributed by atoms with van der Waals surface area (Å²) in [7, 11) is -2.37. The smallest absolute Gasteiger partial charge is 0.146 e. The van der Waals surface area contributed by atoms with Gasteiger partial charge in [0, 0.05) is 21.3 Å². The van der Waals surface area contributed by atoms with Crippen molar-refractivity contribution >= 4 is 63.0 Å². The molecule has 1 aliphatic carbocycles. The van der Waals surface area contributed by atoms with Gasteiger partial charge in [-0.2, -0.15) is 0 Å². The van der Waals surface area contributed by atoms with Crippen LogP contribution in [-0.4, -0.2) is 22.7 Å². The second kappa shape index (κ2) is 10.6. The lowest BCUT2D eigenvalue weighted by Crippen LogP contribution is -2.37. The molecule has 9 rings (SSSR count). The molecule has 232 valence electrons. The van der Waals surface area contributed by atoms with Crippen molar-refractivity contribution in [3.8, 4) is 22.3 Å². The number of hydrogen-bond donors (Lipinski definition) is 0. The molecular weight excluding hydrogens is 603 g/mol. The Balaban J connectivity index is 1.32. The maximum absolute atomic E-state index is 12.9. The number of hydrogen-bond acceptors (Lipinski definition) is 2. The number of fused-ring (bicyclic) bond motifs is 9. The minimum atomic E-state index is -2.37. The van der Waals surface area contributed by atoms with Gasteiger partial charge < -0.3 is 4.57 Å². The normalized spacial score (nSPS) is 16.2. The monoisotopic (exact) mass is 638 g/mol. The van der Waals surface area contributed by atoms with Crippen LogP contribution in [0, 0.1) is 0 Å². The molecule has 48 heavy (non-hydrogen) atoms. The highest BCUT2D eigenvalue weighted by Gasteiger charge is 2.27. The summed E-state index contributed by atoms with van der Waals surface area (Å²) < 4.78 is 15.3. The lowest BCUT2D eigenvalue weighted by atomic mass is 9.75. The third-order valence-electron chi connectivity index (χ3n) is 10.2. The molecular formula is C44H35N2OP. The summed E-state index contributed by atoms with van der Waals surface area (Å²) in [6.45, 7) is 6.02. The third-order valence-corrected chi connectivity index (χ3v) is 11.7. The molecule has 0 saturated carbocycles. The Morgan fingerprint density at radius 1 is 0.646 bits per heavy atom. The number of benzene rings is 6. The van der Waals surface area contributed by atoms with Crippen LogP contribution in [0.3, 0.4) is 0 Å². The molecule has 3 nitrogen and oxygen atoms in total. The summed E-state index contributed by atoms with van der Waals surface area (Å²) in [4.78, 5) is 5.37. The Morgan fingerprint density at radius 2 is 1.31 bits per heavy atom. The van der Waals surface area contributed by atoms with Gasteiger partial charge in [0.15, 0.2) is 0 Å². The quantitative estimate of drug-likeness (QED) is 0.180. The van der Waals surface area contributed by atoms with Crippen molar-refractivity contribution in [3.63, 3.8) is 0 Å². The van der Waals surface area contributed by atoms with Gasteiger partial charge in [-0.1, -0.05) is 122 Å². The first kappa shape index (κ1) is 28.9. The molecule has 1 atom stereocenters. The van der Waals surface area contributed by atoms with E-state index >= 15 is 0 Å². The van der Waals surface area contributed by atoms with Crippen LogP contribution in [0.4, 0.5) is 0 Å². The lowest BCUT2D eigenvalue weighted by Gasteiger charge is -2.28. The minimum absolute atomic E-state index is 0.252. The van der Waals surface area contributed by atoms with Crippen molar-refractivity contribution in [2.24, 2.45) is 0 Å². The van der Waals surface area contributed by atoms with Crippen molar-refractivity contribution < 1.29 is 4.57 Å². The number of rotatable bonds is 4. The first-order valence-corrected chi connectivity index (χ1v) is 19.2. The molecule has 2 heterocycles. The highest BCUT2D eigenvalue weighted by molar-refractivity contribution is 7.70. The van der Waals surface area contributed by atoms with E-state index in [0.29, 0.717) is 0 Å². The second-order valence-corrected chi connectivity index (χ2v) is 17.1. The van der Waals surface area contributed by atoms with Gasteiger partial charge in [0.05, 0.1) is 16.6 Å². The van der Waals surface area contributed by atoms with E-state index < -0.39 is 7.14 Å². The zero-order valence-electron chi connectivity index (χ0n) is 27.3. The predicted molar refractivity (Wildman–Crippen MR) is 204 cm³/mol.